The molecule has 1 aliphatic rings. The van der Waals surface area contributed by atoms with E-state index in [4.69, 9.17) is 10.5 Å². The Bertz CT molecular complexity index is 904. The van der Waals surface area contributed by atoms with Crippen LogP contribution in [0.15, 0.2) is 48.7 Å². The predicted octanol–water partition coefficient (Wildman–Crippen LogP) is 3.51. The van der Waals surface area contributed by atoms with Crippen LogP contribution in [0.5, 0.6) is 5.75 Å². The van der Waals surface area contributed by atoms with Gasteiger partial charge < -0.3 is 10.5 Å². The van der Waals surface area contributed by atoms with Crippen LogP contribution in [0.4, 0.5) is 0 Å². The van der Waals surface area contributed by atoms with Crippen LogP contribution in [0.3, 0.4) is 0 Å². The molecule has 0 fully saturated rings. The fourth-order valence-electron chi connectivity index (χ4n) is 3.74. The fourth-order valence-corrected chi connectivity index (χ4v) is 3.74. The predicted molar refractivity (Wildman–Crippen MR) is 101 cm³/mol. The van der Waals surface area contributed by atoms with Crippen molar-refractivity contribution in [1.29, 1.82) is 0 Å². The second-order valence-corrected chi connectivity index (χ2v) is 7.06. The lowest BCUT2D eigenvalue weighted by Gasteiger charge is -2.27. The molecule has 0 aliphatic carbocycles. The maximum Gasteiger partial charge on any atom is 0.127 e. The summed E-state index contributed by atoms with van der Waals surface area (Å²) < 4.78 is 7.87. The fraction of sp³-hybridized carbons (Fsp3) is 0.333. The average Bonchev–Trinajstić information content (AvgIpc) is 3.10. The Hall–Kier alpha value is -2.66. The number of rotatable bonds is 4. The van der Waals surface area contributed by atoms with Crippen molar-refractivity contribution in [2.45, 2.75) is 38.8 Å². The Morgan fingerprint density at radius 1 is 1.23 bits per heavy atom. The van der Waals surface area contributed by atoms with Crippen molar-refractivity contribution in [3.05, 3.63) is 76.6 Å². The molecule has 3 aromatic rings. The lowest BCUT2D eigenvalue weighted by Crippen LogP contribution is -2.21. The number of aromatic nitrogens is 3. The molecule has 0 saturated carbocycles. The van der Waals surface area contributed by atoms with Crippen LogP contribution < -0.4 is 10.5 Å². The van der Waals surface area contributed by atoms with Crippen LogP contribution in [0.2, 0.25) is 0 Å². The van der Waals surface area contributed by atoms with E-state index in [0.29, 0.717) is 13.0 Å². The Morgan fingerprint density at radius 2 is 2.04 bits per heavy atom. The summed E-state index contributed by atoms with van der Waals surface area (Å²) in [6.45, 7) is 4.91. The first-order valence-corrected chi connectivity index (χ1v) is 9.07. The molecule has 0 radical (unpaired) electrons. The first kappa shape index (κ1) is 16.8. The maximum atomic E-state index is 6.33. The third-order valence-electron chi connectivity index (χ3n) is 4.98. The number of ether oxygens (including phenoxy) is 1. The average molecular weight is 348 g/mol. The van der Waals surface area contributed by atoms with Gasteiger partial charge in [-0.1, -0.05) is 53.2 Å². The molecule has 1 unspecified atom stereocenters. The lowest BCUT2D eigenvalue weighted by molar-refractivity contribution is 0.247. The van der Waals surface area contributed by atoms with Crippen LogP contribution in [-0.2, 0) is 6.42 Å². The third kappa shape index (κ3) is 3.22. The summed E-state index contributed by atoms with van der Waals surface area (Å²) in [5.41, 5.74) is 12.0. The largest absolute Gasteiger partial charge is 0.493 e. The van der Waals surface area contributed by atoms with E-state index < -0.39 is 0 Å². The molecule has 0 spiro atoms. The summed E-state index contributed by atoms with van der Waals surface area (Å²) >= 11 is 0. The third-order valence-corrected chi connectivity index (χ3v) is 4.98. The molecular weight excluding hydrogens is 324 g/mol. The van der Waals surface area contributed by atoms with Gasteiger partial charge in [0.05, 0.1) is 18.3 Å². The smallest absolute Gasteiger partial charge is 0.127 e. The van der Waals surface area contributed by atoms with Crippen LogP contribution in [-0.4, -0.2) is 21.6 Å². The number of hydrogen-bond acceptors (Lipinski definition) is 4. The monoisotopic (exact) mass is 348 g/mol. The maximum absolute atomic E-state index is 6.33. The topological polar surface area (TPSA) is 66.0 Å². The minimum absolute atomic E-state index is 0.0761. The minimum Gasteiger partial charge on any atom is -0.493 e. The van der Waals surface area contributed by atoms with Gasteiger partial charge in [-0.2, -0.15) is 0 Å². The molecule has 0 amide bonds. The van der Waals surface area contributed by atoms with Crippen molar-refractivity contribution in [3.63, 3.8) is 0 Å². The number of hydrogen-bond donors (Lipinski definition) is 1. The number of aryl methyl sites for hydroxylation is 2. The lowest BCUT2D eigenvalue weighted by atomic mass is 9.96. The quantitative estimate of drug-likeness (QED) is 0.783. The molecule has 2 heterocycles. The van der Waals surface area contributed by atoms with E-state index >= 15 is 0 Å². The highest BCUT2D eigenvalue weighted by molar-refractivity contribution is 5.46. The molecule has 2 N–H and O–H groups in total. The van der Waals surface area contributed by atoms with Gasteiger partial charge in [0.15, 0.2) is 0 Å². The van der Waals surface area contributed by atoms with E-state index in [2.05, 4.69) is 48.4 Å². The molecule has 134 valence electrons. The van der Waals surface area contributed by atoms with E-state index in [0.717, 1.165) is 23.4 Å². The van der Waals surface area contributed by atoms with Gasteiger partial charge in [0, 0.05) is 30.6 Å². The summed E-state index contributed by atoms with van der Waals surface area (Å²) in [7, 11) is 0. The first-order chi connectivity index (χ1) is 12.6. The van der Waals surface area contributed by atoms with Crippen molar-refractivity contribution < 1.29 is 4.74 Å². The standard InChI is InChI=1S/C21H24N4O/c1-14-10-15(2)21-18(11-14)20(8-9-26-21)25-13-17(23-24-25)12-19(22)16-6-4-3-5-7-16/h3-7,10-11,13,19-20H,8-9,12,22H2,1-2H3/t19?,20-/m0/s1. The Labute approximate surface area is 153 Å². The number of nitrogens with zero attached hydrogens (tertiary/aromatic N) is 3. The van der Waals surface area contributed by atoms with Crippen LogP contribution in [0.1, 0.15) is 46.5 Å². The number of fused-ring (bicyclic) bond motifs is 1. The highest BCUT2D eigenvalue weighted by atomic mass is 16.5. The van der Waals surface area contributed by atoms with Gasteiger partial charge >= 0.3 is 0 Å². The van der Waals surface area contributed by atoms with E-state index in [1.807, 2.05) is 29.1 Å². The van der Waals surface area contributed by atoms with E-state index in [1.165, 1.54) is 16.7 Å². The Kier molecular flexibility index (Phi) is 4.47. The molecule has 26 heavy (non-hydrogen) atoms. The van der Waals surface area contributed by atoms with Crippen molar-refractivity contribution in [2.24, 2.45) is 5.73 Å². The number of benzene rings is 2. The second kappa shape index (κ2) is 6.92. The highest BCUT2D eigenvalue weighted by Gasteiger charge is 2.26. The minimum atomic E-state index is -0.0761. The summed E-state index contributed by atoms with van der Waals surface area (Å²) in [5, 5.41) is 8.77. The summed E-state index contributed by atoms with van der Waals surface area (Å²) in [6, 6.07) is 14.6. The molecule has 5 heteroatoms. The second-order valence-electron chi connectivity index (χ2n) is 7.06. The molecular formula is C21H24N4O. The molecule has 1 aliphatic heterocycles. The van der Waals surface area contributed by atoms with Crippen molar-refractivity contribution in [3.8, 4) is 5.75 Å². The zero-order valence-corrected chi connectivity index (χ0v) is 15.2. The molecule has 0 saturated heterocycles. The van der Waals surface area contributed by atoms with Crippen LogP contribution in [0.25, 0.3) is 0 Å². The zero-order chi connectivity index (χ0) is 18.1. The Morgan fingerprint density at radius 3 is 2.85 bits per heavy atom. The number of nitrogens with two attached hydrogens (primary N) is 1. The SMILES string of the molecule is Cc1cc(C)c2c(c1)[C@@H](n1cc(CC(N)c3ccccc3)nn1)CCO2. The molecule has 5 nitrogen and oxygen atoms in total. The van der Waals surface area contributed by atoms with Gasteiger partial charge in [0.1, 0.15) is 5.75 Å². The van der Waals surface area contributed by atoms with Crippen LogP contribution in [0, 0.1) is 13.8 Å². The molecule has 2 aromatic carbocycles. The van der Waals surface area contributed by atoms with Gasteiger partial charge in [-0.15, -0.1) is 5.10 Å². The zero-order valence-electron chi connectivity index (χ0n) is 15.2. The summed E-state index contributed by atoms with van der Waals surface area (Å²) in [4.78, 5) is 0. The van der Waals surface area contributed by atoms with Gasteiger partial charge in [0.2, 0.25) is 0 Å². The molecule has 2 atom stereocenters. The van der Waals surface area contributed by atoms with Crippen molar-refractivity contribution >= 4 is 0 Å². The van der Waals surface area contributed by atoms with Gasteiger partial charge in [-0.3, -0.25) is 0 Å². The van der Waals surface area contributed by atoms with Gasteiger partial charge in [-0.25, -0.2) is 4.68 Å². The van der Waals surface area contributed by atoms with Crippen LogP contribution >= 0.6 is 0 Å². The summed E-state index contributed by atoms with van der Waals surface area (Å²) in [5.74, 6) is 0.991. The van der Waals surface area contributed by atoms with E-state index in [1.54, 1.807) is 0 Å². The highest BCUT2D eigenvalue weighted by Crippen LogP contribution is 2.37. The Balaban J connectivity index is 1.58. The molecule has 1 aromatic heterocycles. The normalized spacial score (nSPS) is 17.4. The summed E-state index contributed by atoms with van der Waals surface area (Å²) in [6.07, 6.45) is 3.59. The van der Waals surface area contributed by atoms with Crippen molar-refractivity contribution in [1.82, 2.24) is 15.0 Å². The van der Waals surface area contributed by atoms with Gasteiger partial charge in [-0.05, 0) is 25.0 Å². The molecule has 0 bridgehead atoms. The van der Waals surface area contributed by atoms with E-state index in [-0.39, 0.29) is 12.1 Å². The van der Waals surface area contributed by atoms with E-state index in [9.17, 15) is 0 Å². The first-order valence-electron chi connectivity index (χ1n) is 9.07. The van der Waals surface area contributed by atoms with Crippen molar-refractivity contribution in [2.75, 3.05) is 6.61 Å². The van der Waals surface area contributed by atoms with Gasteiger partial charge in [0.25, 0.3) is 0 Å². The molecule has 4 rings (SSSR count).